The van der Waals surface area contributed by atoms with Crippen molar-refractivity contribution in [1.29, 1.82) is 0 Å². The number of benzene rings is 2. The number of hydrogen-bond acceptors (Lipinski definition) is 6. The van der Waals surface area contributed by atoms with E-state index in [-0.39, 0.29) is 5.92 Å². The zero-order valence-corrected chi connectivity index (χ0v) is 15.9. The third kappa shape index (κ3) is 2.05. The first-order chi connectivity index (χ1) is 13.4. The molecule has 146 valence electrons. The molecule has 5 rings (SSSR count). The molecule has 0 radical (unpaired) electrons. The molecule has 0 amide bonds. The van der Waals surface area contributed by atoms with Crippen LogP contribution >= 0.6 is 0 Å². The van der Waals surface area contributed by atoms with Gasteiger partial charge in [0.1, 0.15) is 5.75 Å². The molecule has 2 heterocycles. The van der Waals surface area contributed by atoms with Crippen LogP contribution in [0.1, 0.15) is 46.8 Å². The molecule has 2 unspecified atom stereocenters. The number of anilines is 1. The Hall–Kier alpha value is -2.41. The normalized spacial score (nSPS) is 28.2. The molecule has 2 atom stereocenters. The Bertz CT molecular complexity index is 981. The summed E-state index contributed by atoms with van der Waals surface area (Å²) in [6, 6.07) is 10.7. The minimum atomic E-state index is -2.15. The number of ketones is 1. The van der Waals surface area contributed by atoms with Gasteiger partial charge in [-0.25, -0.2) is 0 Å². The van der Waals surface area contributed by atoms with Crippen LogP contribution in [0.4, 0.5) is 5.69 Å². The lowest BCUT2D eigenvalue weighted by Gasteiger charge is -2.30. The second kappa shape index (κ2) is 5.80. The van der Waals surface area contributed by atoms with Gasteiger partial charge >= 0.3 is 0 Å². The summed E-state index contributed by atoms with van der Waals surface area (Å²) in [7, 11) is 0. The number of carbonyl (C=O) groups excluding carboxylic acids is 1. The second-order valence-corrected chi connectivity index (χ2v) is 8.00. The molecule has 3 aliphatic rings. The fourth-order valence-electron chi connectivity index (χ4n) is 4.53. The fourth-order valence-corrected chi connectivity index (χ4v) is 4.53. The van der Waals surface area contributed by atoms with Crippen LogP contribution in [0.2, 0.25) is 0 Å². The predicted molar refractivity (Wildman–Crippen MR) is 103 cm³/mol. The topological polar surface area (TPSA) is 79.2 Å². The Morgan fingerprint density at radius 3 is 2.54 bits per heavy atom. The first-order valence-corrected chi connectivity index (χ1v) is 9.67. The molecule has 0 bridgehead atoms. The van der Waals surface area contributed by atoms with E-state index < -0.39 is 17.2 Å². The molecular weight excluding hydrogens is 358 g/mol. The standard InChI is InChI=1S/C22H23NO5/c1-13(2)14-6-7-15-18(12-14)28-22(26)16-4-3-5-17(23-8-10-27-11-9-23)19(16)20(24)21(15,22)25/h3-7,12-13,25-26H,8-11H2,1-2H3. The van der Waals surface area contributed by atoms with Gasteiger partial charge in [0, 0.05) is 29.9 Å². The van der Waals surface area contributed by atoms with Gasteiger partial charge in [0.25, 0.3) is 5.79 Å². The molecule has 2 aromatic carbocycles. The van der Waals surface area contributed by atoms with E-state index in [1.165, 1.54) is 0 Å². The van der Waals surface area contributed by atoms with Crippen molar-refractivity contribution in [2.75, 3.05) is 31.2 Å². The van der Waals surface area contributed by atoms with Gasteiger partial charge in [-0.1, -0.05) is 38.1 Å². The van der Waals surface area contributed by atoms with E-state index in [1.54, 1.807) is 24.3 Å². The van der Waals surface area contributed by atoms with E-state index in [2.05, 4.69) is 18.7 Å². The molecule has 0 spiro atoms. The number of carbonyl (C=O) groups is 1. The molecule has 1 aliphatic carbocycles. The summed E-state index contributed by atoms with van der Waals surface area (Å²) >= 11 is 0. The summed E-state index contributed by atoms with van der Waals surface area (Å²) in [5.74, 6) is -2.04. The molecule has 2 aliphatic heterocycles. The van der Waals surface area contributed by atoms with Crippen molar-refractivity contribution < 1.29 is 24.5 Å². The lowest BCUT2D eigenvalue weighted by molar-refractivity contribution is -0.224. The van der Waals surface area contributed by atoms with Crippen molar-refractivity contribution in [1.82, 2.24) is 0 Å². The van der Waals surface area contributed by atoms with Crippen molar-refractivity contribution in [3.05, 3.63) is 58.7 Å². The van der Waals surface area contributed by atoms with Gasteiger partial charge in [0.15, 0.2) is 0 Å². The van der Waals surface area contributed by atoms with E-state index in [9.17, 15) is 15.0 Å². The van der Waals surface area contributed by atoms with Crippen LogP contribution in [-0.4, -0.2) is 42.3 Å². The van der Waals surface area contributed by atoms with E-state index in [0.29, 0.717) is 54.4 Å². The number of hydrogen-bond donors (Lipinski definition) is 2. The van der Waals surface area contributed by atoms with Gasteiger partial charge in [0.05, 0.1) is 18.8 Å². The molecule has 1 saturated heterocycles. The Balaban J connectivity index is 1.67. The van der Waals surface area contributed by atoms with Crippen LogP contribution in [0.15, 0.2) is 36.4 Å². The van der Waals surface area contributed by atoms with Crippen LogP contribution in [0, 0.1) is 0 Å². The summed E-state index contributed by atoms with van der Waals surface area (Å²) < 4.78 is 11.3. The second-order valence-electron chi connectivity index (χ2n) is 8.00. The van der Waals surface area contributed by atoms with Crippen LogP contribution < -0.4 is 9.64 Å². The van der Waals surface area contributed by atoms with Gasteiger partial charge in [-0.3, -0.25) is 4.79 Å². The first-order valence-electron chi connectivity index (χ1n) is 9.67. The number of rotatable bonds is 2. The van der Waals surface area contributed by atoms with E-state index in [0.717, 1.165) is 5.56 Å². The average Bonchev–Trinajstić information content (AvgIpc) is 3.04. The summed E-state index contributed by atoms with van der Waals surface area (Å²) in [5.41, 5.74) is 0.516. The predicted octanol–water partition coefficient (Wildman–Crippen LogP) is 2.27. The molecule has 28 heavy (non-hydrogen) atoms. The Morgan fingerprint density at radius 1 is 1.07 bits per heavy atom. The maximum atomic E-state index is 13.5. The van der Waals surface area contributed by atoms with Crippen LogP contribution in [0.5, 0.6) is 5.75 Å². The highest BCUT2D eigenvalue weighted by atomic mass is 16.7. The number of morpholine rings is 1. The molecule has 6 nitrogen and oxygen atoms in total. The van der Waals surface area contributed by atoms with Crippen molar-refractivity contribution in [3.8, 4) is 5.75 Å². The van der Waals surface area contributed by atoms with Gasteiger partial charge in [-0.15, -0.1) is 0 Å². The third-order valence-electron chi connectivity index (χ3n) is 6.13. The lowest BCUT2D eigenvalue weighted by Crippen LogP contribution is -2.48. The molecule has 6 heteroatoms. The number of aliphatic hydroxyl groups is 2. The highest BCUT2D eigenvalue weighted by Gasteiger charge is 2.71. The average molecular weight is 381 g/mol. The molecule has 0 aromatic heterocycles. The molecule has 0 saturated carbocycles. The Kier molecular flexibility index (Phi) is 3.66. The number of ether oxygens (including phenoxy) is 2. The molecule has 2 N–H and O–H groups in total. The maximum absolute atomic E-state index is 13.5. The van der Waals surface area contributed by atoms with E-state index >= 15 is 0 Å². The molecule has 1 fully saturated rings. The quantitative estimate of drug-likeness (QED) is 0.831. The van der Waals surface area contributed by atoms with Gasteiger partial charge in [-0.2, -0.15) is 0 Å². The summed E-state index contributed by atoms with van der Waals surface area (Å²) in [6.45, 7) is 6.55. The largest absolute Gasteiger partial charge is 0.454 e. The van der Waals surface area contributed by atoms with Crippen molar-refractivity contribution in [2.24, 2.45) is 0 Å². The highest BCUT2D eigenvalue weighted by molar-refractivity contribution is 6.13. The fraction of sp³-hybridized carbons (Fsp3) is 0.409. The summed E-state index contributed by atoms with van der Waals surface area (Å²) in [5, 5.41) is 23.0. The number of fused-ring (bicyclic) bond motifs is 5. The lowest BCUT2D eigenvalue weighted by atomic mass is 9.86. The summed E-state index contributed by atoms with van der Waals surface area (Å²) in [4.78, 5) is 15.6. The zero-order valence-electron chi connectivity index (χ0n) is 15.9. The van der Waals surface area contributed by atoms with Crippen molar-refractivity contribution >= 4 is 11.5 Å². The van der Waals surface area contributed by atoms with Crippen molar-refractivity contribution in [2.45, 2.75) is 31.2 Å². The van der Waals surface area contributed by atoms with Crippen LogP contribution in [0.3, 0.4) is 0 Å². The smallest absolute Gasteiger partial charge is 0.276 e. The van der Waals surface area contributed by atoms with E-state index in [1.807, 2.05) is 12.1 Å². The zero-order chi connectivity index (χ0) is 19.7. The van der Waals surface area contributed by atoms with Gasteiger partial charge < -0.3 is 24.6 Å². The van der Waals surface area contributed by atoms with Crippen molar-refractivity contribution in [3.63, 3.8) is 0 Å². The molecule has 2 aromatic rings. The number of nitrogens with zero attached hydrogens (tertiary/aromatic N) is 1. The van der Waals surface area contributed by atoms with Crippen LogP contribution in [0.25, 0.3) is 0 Å². The van der Waals surface area contributed by atoms with Gasteiger partial charge in [0.2, 0.25) is 11.4 Å². The third-order valence-corrected chi connectivity index (χ3v) is 6.13. The van der Waals surface area contributed by atoms with E-state index in [4.69, 9.17) is 9.47 Å². The van der Waals surface area contributed by atoms with Crippen LogP contribution in [-0.2, 0) is 16.1 Å². The molecular formula is C22H23NO5. The first kappa shape index (κ1) is 17.7. The Morgan fingerprint density at radius 2 is 1.82 bits per heavy atom. The number of Topliss-reactive ketones (excluding diaryl/α,β-unsaturated/α-hetero) is 1. The Labute approximate surface area is 163 Å². The van der Waals surface area contributed by atoms with Gasteiger partial charge in [-0.05, 0) is 23.6 Å². The highest BCUT2D eigenvalue weighted by Crippen LogP contribution is 2.59. The maximum Gasteiger partial charge on any atom is 0.276 e. The summed E-state index contributed by atoms with van der Waals surface area (Å²) in [6.07, 6.45) is 0. The minimum Gasteiger partial charge on any atom is -0.454 e. The monoisotopic (exact) mass is 381 g/mol. The minimum absolute atomic E-state index is 0.259. The SMILES string of the molecule is CC(C)c1ccc2c(c1)OC1(O)c3cccc(N4CCOCC4)c3C(=O)C21O.